The predicted molar refractivity (Wildman–Crippen MR) is 52.2 cm³/mol. The van der Waals surface area contributed by atoms with Gasteiger partial charge >= 0.3 is 5.97 Å². The summed E-state index contributed by atoms with van der Waals surface area (Å²) in [6.07, 6.45) is 0. The van der Waals surface area contributed by atoms with Crippen molar-refractivity contribution in [1.29, 1.82) is 0 Å². The van der Waals surface area contributed by atoms with Crippen LogP contribution in [0.3, 0.4) is 0 Å². The fourth-order valence-electron chi connectivity index (χ4n) is 1.02. The van der Waals surface area contributed by atoms with Crippen LogP contribution in [0.1, 0.15) is 35.4 Å². The molecule has 0 unspecified atom stereocenters. The number of carboxylic acids is 1. The van der Waals surface area contributed by atoms with E-state index < -0.39 is 5.97 Å². The summed E-state index contributed by atoms with van der Waals surface area (Å²) >= 11 is 1.72. The average molecular weight is 200 g/mol. The van der Waals surface area contributed by atoms with Crippen molar-refractivity contribution in [2.75, 3.05) is 5.75 Å². The van der Waals surface area contributed by atoms with Crippen molar-refractivity contribution >= 4 is 17.7 Å². The zero-order chi connectivity index (χ0) is 9.84. The zero-order valence-electron chi connectivity index (χ0n) is 7.61. The minimum atomic E-state index is -1.01. The molecule has 1 aromatic rings. The summed E-state index contributed by atoms with van der Waals surface area (Å²) in [4.78, 5) is 10.5. The van der Waals surface area contributed by atoms with Crippen LogP contribution in [0.4, 0.5) is 0 Å². The van der Waals surface area contributed by atoms with Gasteiger partial charge in [0.25, 0.3) is 0 Å². The summed E-state index contributed by atoms with van der Waals surface area (Å²) < 4.78 is 5.14. The average Bonchev–Trinajstić information content (AvgIpc) is 2.52. The molecule has 0 saturated heterocycles. The monoisotopic (exact) mass is 200 g/mol. The molecule has 0 spiro atoms. The molecular weight excluding hydrogens is 188 g/mol. The molecule has 1 N–H and O–H groups in total. The smallest absolute Gasteiger partial charge is 0.371 e. The summed E-state index contributed by atoms with van der Waals surface area (Å²) in [5.74, 6) is 0.715. The van der Waals surface area contributed by atoms with E-state index in [-0.39, 0.29) is 11.0 Å². The van der Waals surface area contributed by atoms with Crippen LogP contribution in [0.25, 0.3) is 0 Å². The number of hydrogen-bond donors (Lipinski definition) is 1. The third-order valence-electron chi connectivity index (χ3n) is 1.65. The van der Waals surface area contributed by atoms with Gasteiger partial charge in [0.1, 0.15) is 5.76 Å². The molecule has 0 bridgehead atoms. The lowest BCUT2D eigenvalue weighted by molar-refractivity contribution is 0.0660. The minimum Gasteiger partial charge on any atom is -0.475 e. The normalized spacial score (nSPS) is 12.8. The topological polar surface area (TPSA) is 50.4 Å². The quantitative estimate of drug-likeness (QED) is 0.811. The van der Waals surface area contributed by atoms with E-state index in [2.05, 4.69) is 6.92 Å². The molecule has 0 aliphatic carbocycles. The SMILES string of the molecule is CCS[C@H](C)c1ccc(C(=O)O)o1. The van der Waals surface area contributed by atoms with Gasteiger partial charge in [0.2, 0.25) is 5.76 Å². The van der Waals surface area contributed by atoms with Gasteiger partial charge in [-0.25, -0.2) is 4.79 Å². The number of carboxylic acid groups (broad SMARTS) is 1. The molecule has 3 nitrogen and oxygen atoms in total. The van der Waals surface area contributed by atoms with Crippen molar-refractivity contribution in [3.63, 3.8) is 0 Å². The summed E-state index contributed by atoms with van der Waals surface area (Å²) in [5, 5.41) is 8.83. The maximum Gasteiger partial charge on any atom is 0.371 e. The fraction of sp³-hybridized carbons (Fsp3) is 0.444. The molecule has 0 radical (unpaired) electrons. The highest BCUT2D eigenvalue weighted by Gasteiger charge is 2.13. The second kappa shape index (κ2) is 4.37. The lowest BCUT2D eigenvalue weighted by Gasteiger charge is -2.04. The Balaban J connectivity index is 2.73. The molecule has 72 valence electrons. The third kappa shape index (κ3) is 2.52. The largest absolute Gasteiger partial charge is 0.475 e. The number of furan rings is 1. The molecule has 0 aliphatic heterocycles. The van der Waals surface area contributed by atoms with Gasteiger partial charge < -0.3 is 9.52 Å². The molecule has 13 heavy (non-hydrogen) atoms. The van der Waals surface area contributed by atoms with E-state index in [1.165, 1.54) is 6.07 Å². The van der Waals surface area contributed by atoms with Crippen molar-refractivity contribution in [2.24, 2.45) is 0 Å². The maximum atomic E-state index is 10.5. The van der Waals surface area contributed by atoms with E-state index in [9.17, 15) is 4.79 Å². The molecule has 0 saturated carbocycles. The van der Waals surface area contributed by atoms with E-state index in [1.54, 1.807) is 17.8 Å². The second-order valence-corrected chi connectivity index (χ2v) is 4.22. The first-order valence-corrected chi connectivity index (χ1v) is 5.14. The summed E-state index contributed by atoms with van der Waals surface area (Å²) in [6.45, 7) is 4.06. The van der Waals surface area contributed by atoms with E-state index in [1.807, 2.05) is 6.92 Å². The first-order valence-electron chi connectivity index (χ1n) is 4.09. The Hall–Kier alpha value is -0.900. The van der Waals surface area contributed by atoms with Crippen LogP contribution >= 0.6 is 11.8 Å². The van der Waals surface area contributed by atoms with E-state index in [4.69, 9.17) is 9.52 Å². The third-order valence-corrected chi connectivity index (χ3v) is 2.72. The Morgan fingerprint density at radius 3 is 2.85 bits per heavy atom. The van der Waals surface area contributed by atoms with Crippen LogP contribution in [0.2, 0.25) is 0 Å². The molecule has 4 heteroatoms. The van der Waals surface area contributed by atoms with Crippen LogP contribution in [0.5, 0.6) is 0 Å². The lowest BCUT2D eigenvalue weighted by Crippen LogP contribution is -1.92. The Morgan fingerprint density at radius 1 is 1.69 bits per heavy atom. The predicted octanol–water partition coefficient (Wildman–Crippen LogP) is 2.79. The van der Waals surface area contributed by atoms with Gasteiger partial charge in [-0.2, -0.15) is 11.8 Å². The highest BCUT2D eigenvalue weighted by atomic mass is 32.2. The summed E-state index contributed by atoms with van der Waals surface area (Å²) in [7, 11) is 0. The van der Waals surface area contributed by atoms with Crippen LogP contribution in [0, 0.1) is 0 Å². The Labute approximate surface area is 81.1 Å². The molecule has 0 aromatic carbocycles. The fourth-order valence-corrected chi connectivity index (χ4v) is 1.81. The molecule has 0 aliphatic rings. The van der Waals surface area contributed by atoms with Crippen LogP contribution in [-0.4, -0.2) is 16.8 Å². The van der Waals surface area contributed by atoms with E-state index in [0.29, 0.717) is 0 Å². The minimum absolute atomic E-state index is 0.0125. The number of rotatable bonds is 4. The van der Waals surface area contributed by atoms with E-state index >= 15 is 0 Å². The lowest BCUT2D eigenvalue weighted by atomic mass is 10.3. The Morgan fingerprint density at radius 2 is 2.38 bits per heavy atom. The van der Waals surface area contributed by atoms with Gasteiger partial charge in [-0.3, -0.25) is 0 Å². The van der Waals surface area contributed by atoms with Crippen molar-refractivity contribution < 1.29 is 14.3 Å². The number of thioether (sulfide) groups is 1. The van der Waals surface area contributed by atoms with Gasteiger partial charge in [-0.05, 0) is 24.8 Å². The highest BCUT2D eigenvalue weighted by Crippen LogP contribution is 2.28. The van der Waals surface area contributed by atoms with Gasteiger partial charge in [0, 0.05) is 0 Å². The Bertz CT molecular complexity index is 293. The number of hydrogen-bond acceptors (Lipinski definition) is 3. The van der Waals surface area contributed by atoms with Crippen molar-refractivity contribution in [1.82, 2.24) is 0 Å². The number of aromatic carboxylic acids is 1. The van der Waals surface area contributed by atoms with Crippen molar-refractivity contribution in [3.05, 3.63) is 23.7 Å². The van der Waals surface area contributed by atoms with Gasteiger partial charge in [0.05, 0.1) is 5.25 Å². The van der Waals surface area contributed by atoms with Crippen LogP contribution in [0.15, 0.2) is 16.5 Å². The Kier molecular flexibility index (Phi) is 3.42. The van der Waals surface area contributed by atoms with Gasteiger partial charge in [-0.1, -0.05) is 6.92 Å². The van der Waals surface area contributed by atoms with Crippen molar-refractivity contribution in [2.45, 2.75) is 19.1 Å². The van der Waals surface area contributed by atoms with Gasteiger partial charge in [-0.15, -0.1) is 0 Å². The molecule has 0 fully saturated rings. The first kappa shape index (κ1) is 10.2. The molecule has 1 aromatic heterocycles. The maximum absolute atomic E-state index is 10.5. The van der Waals surface area contributed by atoms with Gasteiger partial charge in [0.15, 0.2) is 0 Å². The highest BCUT2D eigenvalue weighted by molar-refractivity contribution is 7.99. The molecule has 1 rings (SSSR count). The van der Waals surface area contributed by atoms with Crippen molar-refractivity contribution in [3.8, 4) is 0 Å². The van der Waals surface area contributed by atoms with Crippen LogP contribution in [-0.2, 0) is 0 Å². The first-order chi connectivity index (χ1) is 6.15. The molecule has 1 atom stereocenters. The van der Waals surface area contributed by atoms with Crippen LogP contribution < -0.4 is 0 Å². The summed E-state index contributed by atoms with van der Waals surface area (Å²) in [6, 6.07) is 3.21. The second-order valence-electron chi connectivity index (χ2n) is 2.60. The standard InChI is InChI=1S/C9H12O3S/c1-3-13-6(2)7-4-5-8(12-7)9(10)11/h4-6H,3H2,1-2H3,(H,10,11)/t6-/m1/s1. The zero-order valence-corrected chi connectivity index (χ0v) is 8.43. The molecule has 0 amide bonds. The molecular formula is C9H12O3S. The molecule has 1 heterocycles. The number of carbonyl (C=O) groups is 1. The van der Waals surface area contributed by atoms with E-state index in [0.717, 1.165) is 11.5 Å². The summed E-state index contributed by atoms with van der Waals surface area (Å²) in [5.41, 5.74) is 0.